The summed E-state index contributed by atoms with van der Waals surface area (Å²) in [4.78, 5) is 14.8. The molecule has 0 aromatic heterocycles. The van der Waals surface area contributed by atoms with Crippen LogP contribution >= 0.6 is 12.4 Å². The lowest BCUT2D eigenvalue weighted by Crippen LogP contribution is -2.52. The largest absolute Gasteiger partial charge is 0.333 e. The summed E-state index contributed by atoms with van der Waals surface area (Å²) >= 11 is 0. The van der Waals surface area contributed by atoms with Crippen LogP contribution < -0.4 is 5.32 Å². The fraction of sp³-hybridized carbons (Fsp3) is 0.611. The van der Waals surface area contributed by atoms with Gasteiger partial charge in [-0.2, -0.15) is 4.31 Å². The zero-order valence-electron chi connectivity index (χ0n) is 15.3. The second-order valence-corrected chi connectivity index (χ2v) is 8.93. The molecular formula is C18H28ClN3O3S. The van der Waals surface area contributed by atoms with Crippen molar-refractivity contribution in [3.8, 4) is 0 Å². The highest BCUT2D eigenvalue weighted by molar-refractivity contribution is 7.89. The van der Waals surface area contributed by atoms with Crippen molar-refractivity contribution in [1.82, 2.24) is 14.5 Å². The lowest BCUT2D eigenvalue weighted by molar-refractivity contribution is 0.0655. The summed E-state index contributed by atoms with van der Waals surface area (Å²) in [5, 5.41) is 3.26. The Kier molecular flexibility index (Phi) is 7.07. The number of carbonyl (C=O) groups excluding carboxylic acids is 1. The van der Waals surface area contributed by atoms with Crippen LogP contribution in [0.3, 0.4) is 0 Å². The Labute approximate surface area is 162 Å². The summed E-state index contributed by atoms with van der Waals surface area (Å²) in [7, 11) is -3.56. The minimum Gasteiger partial charge on any atom is -0.333 e. The van der Waals surface area contributed by atoms with Crippen LogP contribution in [0.25, 0.3) is 0 Å². The minimum absolute atomic E-state index is 0. The van der Waals surface area contributed by atoms with Crippen LogP contribution in [0, 0.1) is 0 Å². The molecule has 0 spiro atoms. The molecule has 2 aliphatic rings. The van der Waals surface area contributed by atoms with Crippen molar-refractivity contribution in [2.75, 3.05) is 26.2 Å². The van der Waals surface area contributed by atoms with Gasteiger partial charge in [0.05, 0.1) is 4.90 Å². The van der Waals surface area contributed by atoms with Gasteiger partial charge in [0, 0.05) is 43.8 Å². The van der Waals surface area contributed by atoms with E-state index < -0.39 is 10.0 Å². The average Bonchev–Trinajstić information content (AvgIpc) is 2.62. The first-order valence-corrected chi connectivity index (χ1v) is 10.5. The zero-order chi connectivity index (χ0) is 18.0. The lowest BCUT2D eigenvalue weighted by Gasteiger charge is -2.34. The number of hydrogen-bond acceptors (Lipinski definition) is 4. The molecule has 1 aromatic carbocycles. The van der Waals surface area contributed by atoms with Crippen LogP contribution in [-0.4, -0.2) is 61.8 Å². The van der Waals surface area contributed by atoms with Gasteiger partial charge in [-0.15, -0.1) is 12.4 Å². The molecule has 2 atom stereocenters. The molecule has 8 heteroatoms. The predicted octanol–water partition coefficient (Wildman–Crippen LogP) is 2.11. The molecule has 0 bridgehead atoms. The highest BCUT2D eigenvalue weighted by atomic mass is 35.5. The molecule has 1 N–H and O–H groups in total. The third-order valence-electron chi connectivity index (χ3n) is 5.19. The fourth-order valence-corrected chi connectivity index (χ4v) is 5.41. The summed E-state index contributed by atoms with van der Waals surface area (Å²) in [6.45, 7) is 6.67. The SMILES string of the molecule is CC1CCCCN1S(=O)(=O)c1cccc(C(=O)N2CCNC[C@H]2C)c1.Cl. The van der Waals surface area contributed by atoms with E-state index in [-0.39, 0.29) is 35.3 Å². The van der Waals surface area contributed by atoms with E-state index in [4.69, 9.17) is 0 Å². The van der Waals surface area contributed by atoms with Crippen molar-refractivity contribution < 1.29 is 13.2 Å². The molecule has 1 unspecified atom stereocenters. The molecule has 3 rings (SSSR count). The van der Waals surface area contributed by atoms with E-state index in [0.29, 0.717) is 18.7 Å². The Morgan fingerprint density at radius 3 is 2.62 bits per heavy atom. The van der Waals surface area contributed by atoms with Gasteiger partial charge in [-0.25, -0.2) is 8.42 Å². The topological polar surface area (TPSA) is 69.7 Å². The highest BCUT2D eigenvalue weighted by Gasteiger charge is 2.32. The van der Waals surface area contributed by atoms with E-state index in [0.717, 1.165) is 32.4 Å². The maximum atomic E-state index is 13.0. The van der Waals surface area contributed by atoms with Crippen molar-refractivity contribution in [3.63, 3.8) is 0 Å². The van der Waals surface area contributed by atoms with Crippen molar-refractivity contribution >= 4 is 28.3 Å². The van der Waals surface area contributed by atoms with Crippen LogP contribution in [0.1, 0.15) is 43.5 Å². The normalized spacial score (nSPS) is 24.8. The molecule has 2 saturated heterocycles. The maximum absolute atomic E-state index is 13.0. The molecule has 0 saturated carbocycles. The van der Waals surface area contributed by atoms with Crippen LogP contribution in [0.15, 0.2) is 29.2 Å². The second kappa shape index (κ2) is 8.69. The lowest BCUT2D eigenvalue weighted by atomic mass is 10.1. The monoisotopic (exact) mass is 401 g/mol. The number of sulfonamides is 1. The van der Waals surface area contributed by atoms with Crippen molar-refractivity contribution in [2.45, 2.75) is 50.1 Å². The third-order valence-corrected chi connectivity index (χ3v) is 7.20. The molecule has 2 fully saturated rings. The van der Waals surface area contributed by atoms with Crippen LogP contribution in [-0.2, 0) is 10.0 Å². The number of nitrogens with one attached hydrogen (secondary N) is 1. The van der Waals surface area contributed by atoms with Gasteiger partial charge in [0.1, 0.15) is 0 Å². The Hall–Kier alpha value is -1.15. The van der Waals surface area contributed by atoms with Gasteiger partial charge in [-0.1, -0.05) is 12.5 Å². The van der Waals surface area contributed by atoms with Crippen molar-refractivity contribution in [3.05, 3.63) is 29.8 Å². The molecule has 2 heterocycles. The smallest absolute Gasteiger partial charge is 0.254 e. The number of piperazine rings is 1. The summed E-state index contributed by atoms with van der Waals surface area (Å²) in [6, 6.07) is 6.61. The van der Waals surface area contributed by atoms with E-state index in [1.807, 2.05) is 18.7 Å². The third kappa shape index (κ3) is 4.22. The molecule has 1 aromatic rings. The van der Waals surface area contributed by atoms with Gasteiger partial charge < -0.3 is 10.2 Å². The van der Waals surface area contributed by atoms with Gasteiger partial charge in [0.15, 0.2) is 0 Å². The number of rotatable bonds is 3. The fourth-order valence-electron chi connectivity index (χ4n) is 3.66. The number of hydrogen-bond donors (Lipinski definition) is 1. The van der Waals surface area contributed by atoms with E-state index in [2.05, 4.69) is 5.32 Å². The standard InChI is InChI=1S/C18H27N3O3S.ClH/c1-14-6-3-4-10-21(14)25(23,24)17-8-5-7-16(12-17)18(22)20-11-9-19-13-15(20)2;/h5,7-8,12,14-15,19H,3-4,6,9-11,13H2,1-2H3;1H/t14?,15-;/m1./s1. The molecule has 0 radical (unpaired) electrons. The van der Waals surface area contributed by atoms with Gasteiger partial charge in [0.2, 0.25) is 10.0 Å². The number of benzene rings is 1. The molecule has 26 heavy (non-hydrogen) atoms. The predicted molar refractivity (Wildman–Crippen MR) is 104 cm³/mol. The summed E-state index contributed by atoms with van der Waals surface area (Å²) in [5.41, 5.74) is 0.444. The maximum Gasteiger partial charge on any atom is 0.254 e. The molecule has 0 aliphatic carbocycles. The summed E-state index contributed by atoms with van der Waals surface area (Å²) in [5.74, 6) is -0.0993. The summed E-state index contributed by atoms with van der Waals surface area (Å²) in [6.07, 6.45) is 2.84. The highest BCUT2D eigenvalue weighted by Crippen LogP contribution is 2.26. The first-order chi connectivity index (χ1) is 11.9. The second-order valence-electron chi connectivity index (χ2n) is 7.04. The van der Waals surface area contributed by atoms with E-state index in [1.165, 1.54) is 6.07 Å². The minimum atomic E-state index is -3.56. The van der Waals surface area contributed by atoms with Gasteiger partial charge >= 0.3 is 0 Å². The van der Waals surface area contributed by atoms with E-state index in [1.54, 1.807) is 22.5 Å². The van der Waals surface area contributed by atoms with Gasteiger partial charge in [-0.05, 0) is 44.9 Å². The van der Waals surface area contributed by atoms with Crippen molar-refractivity contribution in [1.29, 1.82) is 0 Å². The van der Waals surface area contributed by atoms with Crippen LogP contribution in [0.2, 0.25) is 0 Å². The molecule has 1 amide bonds. The number of carbonyl (C=O) groups is 1. The number of piperidine rings is 1. The van der Waals surface area contributed by atoms with Gasteiger partial charge in [-0.3, -0.25) is 4.79 Å². The van der Waals surface area contributed by atoms with Gasteiger partial charge in [0.25, 0.3) is 5.91 Å². The van der Waals surface area contributed by atoms with Crippen LogP contribution in [0.5, 0.6) is 0 Å². The Balaban J connectivity index is 0.00000243. The Bertz CT molecular complexity index is 741. The summed E-state index contributed by atoms with van der Waals surface area (Å²) < 4.78 is 27.6. The molecule has 6 nitrogen and oxygen atoms in total. The number of amides is 1. The molecule has 146 valence electrons. The van der Waals surface area contributed by atoms with Crippen LogP contribution in [0.4, 0.5) is 0 Å². The van der Waals surface area contributed by atoms with Crippen molar-refractivity contribution in [2.24, 2.45) is 0 Å². The van der Waals surface area contributed by atoms with E-state index >= 15 is 0 Å². The molecular weight excluding hydrogens is 374 g/mol. The molecule has 2 aliphatic heterocycles. The zero-order valence-corrected chi connectivity index (χ0v) is 17.0. The quantitative estimate of drug-likeness (QED) is 0.842. The Morgan fingerprint density at radius 1 is 1.15 bits per heavy atom. The average molecular weight is 402 g/mol. The Morgan fingerprint density at radius 2 is 1.92 bits per heavy atom. The first kappa shape index (κ1) is 21.2. The number of halogens is 1. The number of nitrogens with zero attached hydrogens (tertiary/aromatic N) is 2. The first-order valence-electron chi connectivity index (χ1n) is 9.05. The van der Waals surface area contributed by atoms with E-state index in [9.17, 15) is 13.2 Å².